The van der Waals surface area contributed by atoms with Gasteiger partial charge in [0.05, 0.1) is 5.60 Å². The van der Waals surface area contributed by atoms with Crippen LogP contribution in [0.2, 0.25) is 0 Å². The fraction of sp³-hybridized carbons (Fsp3) is 0.679. The van der Waals surface area contributed by atoms with Crippen LogP contribution in [0.15, 0.2) is 23.8 Å². The predicted octanol–water partition coefficient (Wildman–Crippen LogP) is 0.430. The maximum atomic E-state index is 13.1. The molecule has 2 N–H and O–H groups in total. The first-order valence-electron chi connectivity index (χ1n) is 13.2. The summed E-state index contributed by atoms with van der Waals surface area (Å²) in [7, 11) is 0. The van der Waals surface area contributed by atoms with Crippen molar-refractivity contribution in [1.82, 2.24) is 0 Å². The SMILES string of the molecule is CC(=O)OC1/C(C)=C\[C@@H]2OC(=O)[C@]3(C)O[C@]23C(OC(C)=O)[C@@H]2[C@](C)(O)[C@H](O)C=C[C@]2(C)[C@@H](OC(C)=O)[C@@H]1OC(C)=O. The van der Waals surface area contributed by atoms with E-state index in [4.69, 9.17) is 28.4 Å². The number of epoxide rings is 1. The van der Waals surface area contributed by atoms with Gasteiger partial charge in [-0.15, -0.1) is 0 Å². The summed E-state index contributed by atoms with van der Waals surface area (Å²) in [6.45, 7) is 10.3. The molecular formula is C28H36O13. The van der Waals surface area contributed by atoms with Crippen LogP contribution in [0.1, 0.15) is 55.4 Å². The third-order valence-electron chi connectivity index (χ3n) is 8.64. The molecule has 0 aromatic heterocycles. The van der Waals surface area contributed by atoms with Gasteiger partial charge in [0.15, 0.2) is 35.6 Å². The molecule has 0 radical (unpaired) electrons. The fourth-order valence-electron chi connectivity index (χ4n) is 6.84. The first kappa shape index (κ1) is 30.7. The van der Waals surface area contributed by atoms with Crippen molar-refractivity contribution in [3.8, 4) is 0 Å². The molecule has 0 amide bonds. The van der Waals surface area contributed by atoms with Crippen LogP contribution >= 0.6 is 0 Å². The molecule has 4 aliphatic rings. The minimum atomic E-state index is -2.12. The van der Waals surface area contributed by atoms with Gasteiger partial charge >= 0.3 is 29.8 Å². The molecule has 0 saturated carbocycles. The smallest absolute Gasteiger partial charge is 0.342 e. The van der Waals surface area contributed by atoms with Crippen molar-refractivity contribution in [1.29, 1.82) is 0 Å². The maximum Gasteiger partial charge on any atom is 0.342 e. The van der Waals surface area contributed by atoms with Crippen LogP contribution in [0.4, 0.5) is 0 Å². The normalized spacial score (nSPS) is 45.9. The second-order valence-electron chi connectivity index (χ2n) is 11.7. The van der Waals surface area contributed by atoms with Crippen molar-refractivity contribution in [2.45, 2.75) is 109 Å². The third kappa shape index (κ3) is 4.63. The molecule has 11 atom stereocenters. The quantitative estimate of drug-likeness (QED) is 0.202. The second-order valence-corrected chi connectivity index (χ2v) is 11.7. The number of carbonyl (C=O) groups is 5. The minimum Gasteiger partial charge on any atom is -0.459 e. The lowest BCUT2D eigenvalue weighted by atomic mass is 9.55. The Bertz CT molecular complexity index is 1240. The van der Waals surface area contributed by atoms with E-state index >= 15 is 0 Å². The number of rotatable bonds is 4. The highest BCUT2D eigenvalue weighted by Gasteiger charge is 2.88. The van der Waals surface area contributed by atoms with Crippen LogP contribution in [0.5, 0.6) is 0 Å². The summed E-state index contributed by atoms with van der Waals surface area (Å²) in [5, 5.41) is 22.9. The number of aliphatic hydroxyl groups excluding tert-OH is 1. The number of ether oxygens (including phenoxy) is 6. The minimum absolute atomic E-state index is 0.246. The Morgan fingerprint density at radius 1 is 0.878 bits per heavy atom. The molecule has 2 heterocycles. The van der Waals surface area contributed by atoms with Crippen molar-refractivity contribution in [2.75, 3.05) is 0 Å². The Labute approximate surface area is 236 Å². The molecule has 41 heavy (non-hydrogen) atoms. The first-order valence-corrected chi connectivity index (χ1v) is 13.2. The van der Waals surface area contributed by atoms with Gasteiger partial charge in [-0.2, -0.15) is 0 Å². The number of hydrogen-bond acceptors (Lipinski definition) is 13. The van der Waals surface area contributed by atoms with Gasteiger partial charge in [0.25, 0.3) is 0 Å². The zero-order valence-corrected chi connectivity index (χ0v) is 24.2. The summed E-state index contributed by atoms with van der Waals surface area (Å²) in [5.74, 6) is -5.32. The van der Waals surface area contributed by atoms with Gasteiger partial charge in [-0.25, -0.2) is 4.79 Å². The predicted molar refractivity (Wildman–Crippen MR) is 135 cm³/mol. The highest BCUT2D eigenvalue weighted by atomic mass is 16.7. The van der Waals surface area contributed by atoms with Crippen LogP contribution in [0.25, 0.3) is 0 Å². The highest BCUT2D eigenvalue weighted by Crippen LogP contribution is 2.65. The zero-order valence-electron chi connectivity index (χ0n) is 24.2. The molecular weight excluding hydrogens is 544 g/mol. The lowest BCUT2D eigenvalue weighted by molar-refractivity contribution is -0.230. The average Bonchev–Trinajstić information content (AvgIpc) is 3.42. The van der Waals surface area contributed by atoms with Crippen LogP contribution in [-0.4, -0.2) is 93.5 Å². The van der Waals surface area contributed by atoms with Crippen LogP contribution in [0.3, 0.4) is 0 Å². The molecule has 13 nitrogen and oxygen atoms in total. The van der Waals surface area contributed by atoms with E-state index in [9.17, 15) is 34.2 Å². The van der Waals surface area contributed by atoms with E-state index in [2.05, 4.69) is 0 Å². The summed E-state index contributed by atoms with van der Waals surface area (Å²) in [6.07, 6.45) is -4.44. The van der Waals surface area contributed by atoms with Crippen molar-refractivity contribution in [3.05, 3.63) is 23.8 Å². The molecule has 2 fully saturated rings. The van der Waals surface area contributed by atoms with E-state index in [0.29, 0.717) is 0 Å². The van der Waals surface area contributed by atoms with Gasteiger partial charge in [0.1, 0.15) is 12.2 Å². The molecule has 0 aromatic rings. The molecule has 226 valence electrons. The Hall–Kier alpha value is -3.29. The molecule has 0 aromatic carbocycles. The molecule has 1 spiro atoms. The molecule has 13 heteroatoms. The van der Waals surface area contributed by atoms with E-state index in [1.54, 1.807) is 6.92 Å². The van der Waals surface area contributed by atoms with Crippen molar-refractivity contribution >= 4 is 29.8 Å². The van der Waals surface area contributed by atoms with Gasteiger partial charge in [0, 0.05) is 39.0 Å². The summed E-state index contributed by atoms with van der Waals surface area (Å²) in [5.41, 5.74) is -6.82. The number of fused-ring (bicyclic) bond motifs is 1. The van der Waals surface area contributed by atoms with E-state index < -0.39 is 94.6 Å². The van der Waals surface area contributed by atoms with Gasteiger partial charge in [-0.1, -0.05) is 19.1 Å². The van der Waals surface area contributed by atoms with E-state index in [1.807, 2.05) is 0 Å². The topological polar surface area (TPSA) is 184 Å². The number of carbonyl (C=O) groups excluding carboxylic acids is 5. The number of aliphatic hydroxyl groups is 2. The summed E-state index contributed by atoms with van der Waals surface area (Å²) in [6, 6.07) is 0. The summed E-state index contributed by atoms with van der Waals surface area (Å²) < 4.78 is 34.7. The fourth-order valence-corrected chi connectivity index (χ4v) is 6.84. The molecule has 2 aliphatic carbocycles. The first-order chi connectivity index (χ1) is 18.8. The molecule has 2 unspecified atom stereocenters. The van der Waals surface area contributed by atoms with Crippen molar-refractivity contribution in [3.63, 3.8) is 0 Å². The van der Waals surface area contributed by atoms with Gasteiger partial charge in [0.2, 0.25) is 0 Å². The maximum absolute atomic E-state index is 13.1. The lowest BCUT2D eigenvalue weighted by Gasteiger charge is -2.55. The molecule has 0 bridgehead atoms. The largest absolute Gasteiger partial charge is 0.459 e. The van der Waals surface area contributed by atoms with Crippen LogP contribution < -0.4 is 0 Å². The molecule has 2 saturated heterocycles. The third-order valence-corrected chi connectivity index (χ3v) is 8.64. The Balaban J connectivity index is 2.12. The molecule has 2 aliphatic heterocycles. The Kier molecular flexibility index (Phi) is 7.42. The monoisotopic (exact) mass is 580 g/mol. The number of esters is 5. The van der Waals surface area contributed by atoms with Crippen molar-refractivity contribution < 1.29 is 62.6 Å². The van der Waals surface area contributed by atoms with E-state index in [1.165, 1.54) is 39.0 Å². The number of hydrogen-bond donors (Lipinski definition) is 2. The van der Waals surface area contributed by atoms with Gasteiger partial charge in [-0.05, 0) is 32.4 Å². The molecule has 4 rings (SSSR count). The van der Waals surface area contributed by atoms with Gasteiger partial charge < -0.3 is 38.6 Å². The zero-order chi connectivity index (χ0) is 30.9. The Morgan fingerprint density at radius 3 is 1.93 bits per heavy atom. The van der Waals surface area contributed by atoms with Crippen LogP contribution in [0, 0.1) is 11.3 Å². The lowest BCUT2D eigenvalue weighted by Crippen LogP contribution is -2.69. The van der Waals surface area contributed by atoms with E-state index in [0.717, 1.165) is 27.7 Å². The van der Waals surface area contributed by atoms with Crippen LogP contribution in [-0.2, 0) is 52.4 Å². The standard InChI is InChI=1S/C28H36O13/c1-12-11-18-28(27(8,41-28)24(34)40-18)23(39-16(5)32)21-25(6,10-9-17(33)26(21,7)35)22(38-15(4)31)20(37-14(3)30)19(12)36-13(2)29/h9-11,17-23,33,35H,1-8H3/b12-11-/t17-,18+,19?,20-,21+,22+,23?,25+,26-,27+,28+/m1/s1. The van der Waals surface area contributed by atoms with Crippen molar-refractivity contribution in [2.24, 2.45) is 11.3 Å². The average molecular weight is 581 g/mol. The summed E-state index contributed by atoms with van der Waals surface area (Å²) >= 11 is 0. The van der Waals surface area contributed by atoms with Gasteiger partial charge in [-0.3, -0.25) is 19.2 Å². The highest BCUT2D eigenvalue weighted by molar-refractivity contribution is 5.89. The second kappa shape index (κ2) is 9.92. The Morgan fingerprint density at radius 2 is 1.41 bits per heavy atom. The van der Waals surface area contributed by atoms with E-state index in [-0.39, 0.29) is 5.57 Å². The summed E-state index contributed by atoms with van der Waals surface area (Å²) in [4.78, 5) is 63.0.